The van der Waals surface area contributed by atoms with Gasteiger partial charge in [-0.15, -0.1) is 0 Å². The molecule has 1 aliphatic rings. The summed E-state index contributed by atoms with van der Waals surface area (Å²) in [6.45, 7) is 0.101. The Morgan fingerprint density at radius 1 is 0.949 bits per heavy atom. The number of nitro groups is 1. The lowest BCUT2D eigenvalue weighted by atomic mass is 10.0. The Balaban J connectivity index is 1.37. The number of halogens is 3. The van der Waals surface area contributed by atoms with Gasteiger partial charge in [0.05, 0.1) is 21.9 Å². The van der Waals surface area contributed by atoms with Crippen molar-refractivity contribution in [2.24, 2.45) is 0 Å². The largest absolute Gasteiger partial charge is 0.450 e. The normalized spacial score (nSPS) is 14.8. The van der Waals surface area contributed by atoms with Gasteiger partial charge in [-0.05, 0) is 64.0 Å². The van der Waals surface area contributed by atoms with Crippen LogP contribution in [0.15, 0.2) is 89.8 Å². The minimum absolute atomic E-state index is 0.0987. The van der Waals surface area contributed by atoms with E-state index in [9.17, 15) is 32.9 Å². The number of alkyl halides is 3. The molecule has 1 heterocycles. The van der Waals surface area contributed by atoms with E-state index in [-0.39, 0.29) is 22.9 Å². The van der Waals surface area contributed by atoms with Crippen LogP contribution in [-0.2, 0) is 17.5 Å². The van der Waals surface area contributed by atoms with E-state index >= 15 is 0 Å². The maximum Gasteiger partial charge on any atom is 0.416 e. The van der Waals surface area contributed by atoms with Gasteiger partial charge in [0.25, 0.3) is 11.1 Å². The van der Waals surface area contributed by atoms with Gasteiger partial charge in [0.1, 0.15) is 5.75 Å². The van der Waals surface area contributed by atoms with Crippen molar-refractivity contribution in [1.29, 1.82) is 0 Å². The lowest BCUT2D eigenvalue weighted by molar-refractivity contribution is -0.385. The van der Waals surface area contributed by atoms with Crippen molar-refractivity contribution in [3.05, 3.63) is 117 Å². The molecule has 2 amide bonds. The smallest absolute Gasteiger partial charge is 0.416 e. The van der Waals surface area contributed by atoms with Gasteiger partial charge >= 0.3 is 11.9 Å². The Bertz CT molecular complexity index is 1660. The molecule has 0 spiro atoms. The molecule has 0 aromatic heterocycles. The van der Waals surface area contributed by atoms with Gasteiger partial charge in [-0.1, -0.05) is 54.6 Å². The number of amides is 2. The average molecular weight is 551 g/mol. The van der Waals surface area contributed by atoms with Gasteiger partial charge in [-0.2, -0.15) is 13.2 Å². The van der Waals surface area contributed by atoms with E-state index in [4.69, 9.17) is 4.74 Å². The number of imide groups is 1. The van der Waals surface area contributed by atoms with E-state index in [2.05, 4.69) is 0 Å². The number of ether oxygens (including phenoxy) is 1. The molecule has 0 aliphatic carbocycles. The number of benzene rings is 4. The molecule has 0 radical (unpaired) electrons. The Morgan fingerprint density at radius 3 is 2.46 bits per heavy atom. The summed E-state index contributed by atoms with van der Waals surface area (Å²) in [5, 5.41) is 12.9. The highest BCUT2D eigenvalue weighted by Crippen LogP contribution is 2.39. The first-order valence-corrected chi connectivity index (χ1v) is 12.3. The van der Waals surface area contributed by atoms with Crippen LogP contribution in [0.4, 0.5) is 23.7 Å². The zero-order valence-corrected chi connectivity index (χ0v) is 20.7. The van der Waals surface area contributed by atoms with E-state index < -0.39 is 33.5 Å². The molecule has 0 N–H and O–H groups in total. The molecule has 0 saturated carbocycles. The SMILES string of the molecule is O=C1S/C(=C/c2cccc(Oc3ccc(C(F)(F)F)cc3[N+](=O)[O-])c2)C(=O)N1Cc1cccc2ccccc12. The van der Waals surface area contributed by atoms with E-state index in [1.54, 1.807) is 12.1 Å². The average Bonchev–Trinajstić information content (AvgIpc) is 3.15. The molecular weight excluding hydrogens is 533 g/mol. The van der Waals surface area contributed by atoms with Gasteiger partial charge < -0.3 is 4.74 Å². The first-order chi connectivity index (χ1) is 18.6. The maximum absolute atomic E-state index is 13.1. The van der Waals surface area contributed by atoms with Crippen molar-refractivity contribution in [3.63, 3.8) is 0 Å². The number of carbonyl (C=O) groups excluding carboxylic acids is 2. The standard InChI is InChI=1S/C28H17F3N2O5S/c29-28(30,31)20-11-12-24(23(15-20)33(36)37)38-21-9-3-5-17(13-21)14-25-26(34)32(27(35)39-25)16-19-8-4-7-18-6-1-2-10-22(18)19/h1-15H,16H2/b25-14+. The van der Waals surface area contributed by atoms with Crippen molar-refractivity contribution in [2.45, 2.75) is 12.7 Å². The number of rotatable bonds is 6. The summed E-state index contributed by atoms with van der Waals surface area (Å²) in [4.78, 5) is 37.5. The first kappa shape index (κ1) is 26.0. The van der Waals surface area contributed by atoms with Crippen molar-refractivity contribution in [3.8, 4) is 11.5 Å². The van der Waals surface area contributed by atoms with E-state index in [1.165, 1.54) is 18.2 Å². The fourth-order valence-electron chi connectivity index (χ4n) is 4.11. The van der Waals surface area contributed by atoms with Crippen LogP contribution in [0, 0.1) is 10.1 Å². The zero-order chi connectivity index (χ0) is 27.7. The molecule has 0 unspecified atom stereocenters. The third kappa shape index (κ3) is 5.48. The lowest BCUT2D eigenvalue weighted by Crippen LogP contribution is -2.27. The highest BCUT2D eigenvalue weighted by molar-refractivity contribution is 8.18. The molecular formula is C28H17F3N2O5S. The summed E-state index contributed by atoms with van der Waals surface area (Å²) in [5.74, 6) is -0.746. The second-order valence-corrected chi connectivity index (χ2v) is 9.51. The summed E-state index contributed by atoms with van der Waals surface area (Å²) < 4.78 is 44.5. The number of hydrogen-bond acceptors (Lipinski definition) is 6. The molecule has 4 aromatic rings. The minimum atomic E-state index is -4.75. The quantitative estimate of drug-likeness (QED) is 0.138. The third-order valence-electron chi connectivity index (χ3n) is 5.95. The van der Waals surface area contributed by atoms with Crippen molar-refractivity contribution < 1.29 is 32.4 Å². The van der Waals surface area contributed by atoms with E-state index in [0.29, 0.717) is 17.7 Å². The number of fused-ring (bicyclic) bond motifs is 1. The fourth-order valence-corrected chi connectivity index (χ4v) is 4.94. The topological polar surface area (TPSA) is 89.7 Å². The molecule has 1 fully saturated rings. The van der Waals surface area contributed by atoms with Crippen LogP contribution in [0.3, 0.4) is 0 Å². The van der Waals surface area contributed by atoms with Crippen LogP contribution in [0.2, 0.25) is 0 Å². The zero-order valence-electron chi connectivity index (χ0n) is 19.8. The van der Waals surface area contributed by atoms with E-state index in [0.717, 1.165) is 39.1 Å². The molecule has 39 heavy (non-hydrogen) atoms. The molecule has 7 nitrogen and oxygen atoms in total. The maximum atomic E-state index is 13.1. The van der Waals surface area contributed by atoms with Crippen LogP contribution in [0.1, 0.15) is 16.7 Å². The van der Waals surface area contributed by atoms with Crippen LogP contribution < -0.4 is 4.74 Å². The van der Waals surface area contributed by atoms with Gasteiger partial charge in [0, 0.05) is 6.07 Å². The summed E-state index contributed by atoms with van der Waals surface area (Å²) in [7, 11) is 0. The molecule has 4 aromatic carbocycles. The number of carbonyl (C=O) groups is 2. The Kier molecular flexibility index (Phi) is 6.83. The molecule has 1 saturated heterocycles. The summed E-state index contributed by atoms with van der Waals surface area (Å²) in [6.07, 6.45) is -3.26. The first-order valence-electron chi connectivity index (χ1n) is 11.5. The van der Waals surface area contributed by atoms with Crippen molar-refractivity contribution in [1.82, 2.24) is 4.90 Å². The van der Waals surface area contributed by atoms with Crippen LogP contribution >= 0.6 is 11.8 Å². The Hall–Kier alpha value is -4.64. The van der Waals surface area contributed by atoms with Crippen molar-refractivity contribution in [2.75, 3.05) is 0 Å². The van der Waals surface area contributed by atoms with Crippen LogP contribution in [0.5, 0.6) is 11.5 Å². The molecule has 196 valence electrons. The monoisotopic (exact) mass is 550 g/mol. The van der Waals surface area contributed by atoms with Crippen LogP contribution in [0.25, 0.3) is 16.8 Å². The number of thioether (sulfide) groups is 1. The Morgan fingerprint density at radius 2 is 1.69 bits per heavy atom. The van der Waals surface area contributed by atoms with Crippen molar-refractivity contribution >= 4 is 45.4 Å². The second kappa shape index (κ2) is 10.3. The Labute approximate surface area is 223 Å². The lowest BCUT2D eigenvalue weighted by Gasteiger charge is -2.14. The van der Waals surface area contributed by atoms with Gasteiger partial charge in [-0.25, -0.2) is 0 Å². The van der Waals surface area contributed by atoms with Gasteiger partial charge in [0.15, 0.2) is 0 Å². The predicted molar refractivity (Wildman–Crippen MR) is 140 cm³/mol. The fraction of sp³-hybridized carbons (Fsp3) is 0.0714. The van der Waals surface area contributed by atoms with Gasteiger partial charge in [-0.3, -0.25) is 24.6 Å². The number of nitrogens with zero attached hydrogens (tertiary/aromatic N) is 2. The molecule has 5 rings (SSSR count). The third-order valence-corrected chi connectivity index (χ3v) is 6.86. The summed E-state index contributed by atoms with van der Waals surface area (Å²) in [5.41, 5.74) is -0.734. The second-order valence-electron chi connectivity index (χ2n) is 8.52. The molecule has 0 bridgehead atoms. The summed E-state index contributed by atoms with van der Waals surface area (Å²) in [6, 6.07) is 21.4. The van der Waals surface area contributed by atoms with Crippen LogP contribution in [-0.4, -0.2) is 21.0 Å². The molecule has 0 atom stereocenters. The number of nitro benzene ring substituents is 1. The number of hydrogen-bond donors (Lipinski definition) is 0. The predicted octanol–water partition coefficient (Wildman–Crippen LogP) is 7.80. The highest BCUT2D eigenvalue weighted by Gasteiger charge is 2.35. The van der Waals surface area contributed by atoms with Gasteiger partial charge in [0.2, 0.25) is 5.75 Å². The highest BCUT2D eigenvalue weighted by atomic mass is 32.2. The molecule has 11 heteroatoms. The van der Waals surface area contributed by atoms with E-state index in [1.807, 2.05) is 42.5 Å². The summed E-state index contributed by atoms with van der Waals surface area (Å²) >= 11 is 0.783. The minimum Gasteiger partial charge on any atom is -0.450 e. The molecule has 1 aliphatic heterocycles.